The lowest BCUT2D eigenvalue weighted by Crippen LogP contribution is -2.12. The summed E-state index contributed by atoms with van der Waals surface area (Å²) < 4.78 is 1.37. The Morgan fingerprint density at radius 3 is 2.71 bits per heavy atom. The topological polar surface area (TPSA) is 92.3 Å². The first kappa shape index (κ1) is 11.2. The maximum absolute atomic E-state index is 8.60. The lowest BCUT2D eigenvalue weighted by Gasteiger charge is -2.02. The second-order valence-corrected chi connectivity index (χ2v) is 3.30. The van der Waals surface area contributed by atoms with Crippen molar-refractivity contribution in [2.75, 3.05) is 6.54 Å². The van der Waals surface area contributed by atoms with Gasteiger partial charge in [-0.15, -0.1) is 5.10 Å². The van der Waals surface area contributed by atoms with Gasteiger partial charge < -0.3 is 5.32 Å². The van der Waals surface area contributed by atoms with Crippen LogP contribution in [0.25, 0.3) is 5.95 Å². The van der Waals surface area contributed by atoms with Crippen LogP contribution in [0.1, 0.15) is 18.3 Å². The highest BCUT2D eigenvalue weighted by atomic mass is 15.4. The highest BCUT2D eigenvalue weighted by Crippen LogP contribution is 2.00. The summed E-state index contributed by atoms with van der Waals surface area (Å²) >= 11 is 0. The van der Waals surface area contributed by atoms with Gasteiger partial charge in [-0.05, 0) is 6.54 Å². The van der Waals surface area contributed by atoms with Gasteiger partial charge in [-0.2, -0.15) is 9.94 Å². The van der Waals surface area contributed by atoms with Crippen LogP contribution in [-0.2, 0) is 6.54 Å². The summed E-state index contributed by atoms with van der Waals surface area (Å²) in [6, 6.07) is 1.85. The van der Waals surface area contributed by atoms with Gasteiger partial charge in [0.1, 0.15) is 12.4 Å². The Bertz CT molecular complexity index is 522. The lowest BCUT2D eigenvalue weighted by molar-refractivity contribution is 0.715. The van der Waals surface area contributed by atoms with E-state index in [0.29, 0.717) is 5.95 Å². The number of nitrogens with zero attached hydrogens (tertiary/aromatic N) is 6. The fourth-order valence-electron chi connectivity index (χ4n) is 1.24. The summed E-state index contributed by atoms with van der Waals surface area (Å²) in [6.07, 6.45) is 4.86. The highest BCUT2D eigenvalue weighted by Gasteiger charge is 2.04. The van der Waals surface area contributed by atoms with Crippen LogP contribution in [-0.4, -0.2) is 31.3 Å². The molecule has 17 heavy (non-hydrogen) atoms. The smallest absolute Gasteiger partial charge is 0.252 e. The molecule has 0 unspecified atom stereocenters. The molecular formula is C10H11N7. The van der Waals surface area contributed by atoms with Crippen LogP contribution in [0.2, 0.25) is 0 Å². The van der Waals surface area contributed by atoms with Crippen molar-refractivity contribution in [2.45, 2.75) is 13.5 Å². The third kappa shape index (κ3) is 2.62. The average Bonchev–Trinajstić information content (AvgIpc) is 2.86. The summed E-state index contributed by atoms with van der Waals surface area (Å²) in [5, 5.41) is 15.7. The first-order chi connectivity index (χ1) is 8.33. The Morgan fingerprint density at radius 1 is 1.35 bits per heavy atom. The number of aromatic nitrogens is 5. The zero-order valence-corrected chi connectivity index (χ0v) is 9.33. The summed E-state index contributed by atoms with van der Waals surface area (Å²) in [7, 11) is 0. The van der Waals surface area contributed by atoms with E-state index in [2.05, 4.69) is 25.4 Å². The van der Waals surface area contributed by atoms with Crippen molar-refractivity contribution >= 4 is 0 Å². The van der Waals surface area contributed by atoms with E-state index >= 15 is 0 Å². The van der Waals surface area contributed by atoms with Gasteiger partial charge in [-0.3, -0.25) is 0 Å². The molecule has 7 heteroatoms. The van der Waals surface area contributed by atoms with Gasteiger partial charge in [0, 0.05) is 24.5 Å². The molecule has 86 valence electrons. The molecule has 2 rings (SSSR count). The minimum Gasteiger partial charge on any atom is -0.313 e. The van der Waals surface area contributed by atoms with Crippen LogP contribution in [0.4, 0.5) is 0 Å². The Morgan fingerprint density at radius 2 is 2.12 bits per heavy atom. The molecule has 0 amide bonds. The van der Waals surface area contributed by atoms with E-state index in [9.17, 15) is 0 Å². The van der Waals surface area contributed by atoms with Gasteiger partial charge in [-0.25, -0.2) is 15.0 Å². The summed E-state index contributed by atoms with van der Waals surface area (Å²) in [4.78, 5) is 12.1. The van der Waals surface area contributed by atoms with E-state index in [1.807, 2.05) is 13.0 Å². The molecule has 0 saturated carbocycles. The Labute approximate surface area is 98.2 Å². The minimum atomic E-state index is 0.102. The van der Waals surface area contributed by atoms with Gasteiger partial charge in [0.2, 0.25) is 0 Å². The van der Waals surface area contributed by atoms with Gasteiger partial charge in [0.15, 0.2) is 0 Å². The molecule has 2 aromatic rings. The molecular weight excluding hydrogens is 218 g/mol. The molecule has 0 atom stereocenters. The fraction of sp³-hybridized carbons (Fsp3) is 0.300. The standard InChI is InChI=1S/C10H11N7/c1-2-12-4-8-5-13-10(14-6-8)17-7-15-9(3-11)16-17/h5-7,12H,2,4H2,1H3. The molecule has 0 aliphatic heterocycles. The molecule has 0 bridgehead atoms. The highest BCUT2D eigenvalue weighted by molar-refractivity contribution is 5.15. The molecule has 7 nitrogen and oxygen atoms in total. The zero-order valence-electron chi connectivity index (χ0n) is 9.33. The molecule has 0 saturated heterocycles. The predicted molar refractivity (Wildman–Crippen MR) is 59.0 cm³/mol. The third-order valence-electron chi connectivity index (χ3n) is 2.07. The van der Waals surface area contributed by atoms with E-state index in [0.717, 1.165) is 18.7 Å². The lowest BCUT2D eigenvalue weighted by atomic mass is 10.3. The first-order valence-corrected chi connectivity index (χ1v) is 5.17. The molecule has 1 N–H and O–H groups in total. The fourth-order valence-corrected chi connectivity index (χ4v) is 1.24. The number of rotatable bonds is 4. The van der Waals surface area contributed by atoms with Crippen LogP contribution < -0.4 is 5.32 Å². The molecule has 2 heterocycles. The van der Waals surface area contributed by atoms with Crippen molar-refractivity contribution in [1.29, 1.82) is 5.26 Å². The molecule has 0 fully saturated rings. The first-order valence-electron chi connectivity index (χ1n) is 5.17. The zero-order chi connectivity index (χ0) is 12.1. The summed E-state index contributed by atoms with van der Waals surface area (Å²) in [6.45, 7) is 3.67. The van der Waals surface area contributed by atoms with Crippen LogP contribution in [0.3, 0.4) is 0 Å². The number of nitrogens with one attached hydrogen (secondary N) is 1. The van der Waals surface area contributed by atoms with Crippen molar-refractivity contribution in [2.24, 2.45) is 0 Å². The third-order valence-corrected chi connectivity index (χ3v) is 2.07. The van der Waals surface area contributed by atoms with Gasteiger partial charge >= 0.3 is 0 Å². The van der Waals surface area contributed by atoms with E-state index in [-0.39, 0.29) is 5.82 Å². The quantitative estimate of drug-likeness (QED) is 0.795. The molecule has 0 aliphatic carbocycles. The van der Waals surface area contributed by atoms with Crippen molar-refractivity contribution in [1.82, 2.24) is 30.0 Å². The van der Waals surface area contributed by atoms with E-state index in [1.54, 1.807) is 12.4 Å². The maximum Gasteiger partial charge on any atom is 0.252 e. The molecule has 0 aliphatic rings. The molecule has 0 spiro atoms. The van der Waals surface area contributed by atoms with Crippen molar-refractivity contribution in [3.05, 3.63) is 30.1 Å². The normalized spacial score (nSPS) is 10.1. The van der Waals surface area contributed by atoms with Crippen LogP contribution in [0, 0.1) is 11.3 Å². The van der Waals surface area contributed by atoms with E-state index < -0.39 is 0 Å². The second-order valence-electron chi connectivity index (χ2n) is 3.30. The summed E-state index contributed by atoms with van der Waals surface area (Å²) in [5.74, 6) is 0.504. The monoisotopic (exact) mass is 229 g/mol. The van der Waals surface area contributed by atoms with Crippen molar-refractivity contribution < 1.29 is 0 Å². The van der Waals surface area contributed by atoms with Crippen molar-refractivity contribution in [3.8, 4) is 12.0 Å². The van der Waals surface area contributed by atoms with Gasteiger partial charge in [-0.1, -0.05) is 6.92 Å². The number of nitriles is 1. The van der Waals surface area contributed by atoms with Crippen LogP contribution in [0.5, 0.6) is 0 Å². The van der Waals surface area contributed by atoms with E-state index in [4.69, 9.17) is 5.26 Å². The largest absolute Gasteiger partial charge is 0.313 e. The number of hydrogen-bond acceptors (Lipinski definition) is 6. The Kier molecular flexibility index (Phi) is 3.37. The SMILES string of the molecule is CCNCc1cnc(-n2cnc(C#N)n2)nc1. The van der Waals surface area contributed by atoms with Crippen LogP contribution >= 0.6 is 0 Å². The molecule has 0 radical (unpaired) electrons. The number of hydrogen-bond donors (Lipinski definition) is 1. The van der Waals surface area contributed by atoms with Gasteiger partial charge in [0.05, 0.1) is 0 Å². The van der Waals surface area contributed by atoms with Crippen LogP contribution in [0.15, 0.2) is 18.7 Å². The average molecular weight is 229 g/mol. The van der Waals surface area contributed by atoms with E-state index in [1.165, 1.54) is 11.0 Å². The van der Waals surface area contributed by atoms with Crippen molar-refractivity contribution in [3.63, 3.8) is 0 Å². The molecule has 2 aromatic heterocycles. The summed E-state index contributed by atoms with van der Waals surface area (Å²) in [5.41, 5.74) is 0.997. The minimum absolute atomic E-state index is 0.102. The maximum atomic E-state index is 8.60. The van der Waals surface area contributed by atoms with Gasteiger partial charge in [0.25, 0.3) is 11.8 Å². The second kappa shape index (κ2) is 5.14. The predicted octanol–water partition coefficient (Wildman–Crippen LogP) is 0.0385. The Hall–Kier alpha value is -2.33. The Balaban J connectivity index is 2.15. The molecule has 0 aromatic carbocycles.